The standard InChI is InChI=1S/C23H15F8N3O4/c24-21(25)9-34(10-21)19(35)11-1-3-16(32-7-11)12-5-14(22(26,27)28)18(15(6-12)23(29,30)31)17-4-2-13(38-17)8-33-20(36)37/h1-7,33H,8-10H2,(H,36,37). The fourth-order valence-electron chi connectivity index (χ4n) is 3.80. The molecule has 202 valence electrons. The summed E-state index contributed by atoms with van der Waals surface area (Å²) in [5.74, 6) is -4.87. The van der Waals surface area contributed by atoms with Gasteiger partial charge < -0.3 is 19.7 Å². The van der Waals surface area contributed by atoms with Gasteiger partial charge in [-0.2, -0.15) is 26.3 Å². The van der Waals surface area contributed by atoms with Crippen LogP contribution in [0.3, 0.4) is 0 Å². The van der Waals surface area contributed by atoms with Crippen LogP contribution in [0.5, 0.6) is 0 Å². The van der Waals surface area contributed by atoms with E-state index in [0.29, 0.717) is 12.1 Å². The summed E-state index contributed by atoms with van der Waals surface area (Å²) >= 11 is 0. The summed E-state index contributed by atoms with van der Waals surface area (Å²) in [5, 5.41) is 10.5. The summed E-state index contributed by atoms with van der Waals surface area (Å²) in [6.07, 6.45) is -11.2. The molecule has 0 spiro atoms. The first-order chi connectivity index (χ1) is 17.5. The second kappa shape index (κ2) is 9.29. The molecule has 1 aromatic carbocycles. The van der Waals surface area contributed by atoms with E-state index >= 15 is 0 Å². The largest absolute Gasteiger partial charge is 0.465 e. The summed E-state index contributed by atoms with van der Waals surface area (Å²) in [6.45, 7) is -2.14. The number of hydrogen-bond donors (Lipinski definition) is 2. The molecular formula is C23H15F8N3O4. The van der Waals surface area contributed by atoms with E-state index < -0.39 is 77.9 Å². The van der Waals surface area contributed by atoms with Gasteiger partial charge in [0.15, 0.2) is 0 Å². The minimum absolute atomic E-state index is 0.175. The van der Waals surface area contributed by atoms with E-state index in [1.807, 2.05) is 5.32 Å². The molecule has 0 atom stereocenters. The molecule has 1 saturated heterocycles. The Labute approximate surface area is 207 Å². The van der Waals surface area contributed by atoms with E-state index in [9.17, 15) is 44.7 Å². The molecule has 4 rings (SSSR count). The molecule has 0 unspecified atom stereocenters. The molecule has 15 heteroatoms. The molecule has 0 saturated carbocycles. The number of hydrogen-bond acceptors (Lipinski definition) is 4. The van der Waals surface area contributed by atoms with Gasteiger partial charge in [-0.3, -0.25) is 9.78 Å². The van der Waals surface area contributed by atoms with Gasteiger partial charge in [-0.05, 0) is 36.4 Å². The number of alkyl halides is 8. The molecule has 2 N–H and O–H groups in total. The first kappa shape index (κ1) is 26.9. The summed E-state index contributed by atoms with van der Waals surface area (Å²) < 4.78 is 115. The quantitative estimate of drug-likeness (QED) is 0.386. The van der Waals surface area contributed by atoms with Gasteiger partial charge in [-0.1, -0.05) is 0 Å². The first-order valence-electron chi connectivity index (χ1n) is 10.6. The van der Waals surface area contributed by atoms with Crippen LogP contribution in [0, 0.1) is 0 Å². The second-order valence-electron chi connectivity index (χ2n) is 8.32. The van der Waals surface area contributed by atoms with Gasteiger partial charge in [0, 0.05) is 17.3 Å². The van der Waals surface area contributed by atoms with Gasteiger partial charge in [-0.25, -0.2) is 13.6 Å². The SMILES string of the molecule is O=C(O)NCc1ccc(-c2c(C(F)(F)F)cc(-c3ccc(C(=O)N4CC(F)(F)C4)cn3)cc2C(F)(F)F)o1. The Morgan fingerprint density at radius 1 is 1.00 bits per heavy atom. The van der Waals surface area contributed by atoms with Crippen molar-refractivity contribution < 1.29 is 54.2 Å². The average Bonchev–Trinajstić information content (AvgIpc) is 3.27. The predicted molar refractivity (Wildman–Crippen MR) is 113 cm³/mol. The third kappa shape index (κ3) is 5.55. The fourth-order valence-corrected chi connectivity index (χ4v) is 3.80. The van der Waals surface area contributed by atoms with Gasteiger partial charge in [-0.15, -0.1) is 0 Å². The van der Waals surface area contributed by atoms with Crippen molar-refractivity contribution in [3.8, 4) is 22.6 Å². The molecule has 7 nitrogen and oxygen atoms in total. The number of halogens is 8. The van der Waals surface area contributed by atoms with E-state index in [1.54, 1.807) is 0 Å². The highest BCUT2D eigenvalue weighted by molar-refractivity contribution is 5.95. The van der Waals surface area contributed by atoms with Crippen LogP contribution in [-0.4, -0.2) is 46.0 Å². The number of amides is 2. The number of carbonyl (C=O) groups excluding carboxylic acids is 1. The van der Waals surface area contributed by atoms with E-state index in [-0.39, 0.29) is 17.0 Å². The van der Waals surface area contributed by atoms with Crippen molar-refractivity contribution in [3.63, 3.8) is 0 Å². The third-order valence-electron chi connectivity index (χ3n) is 5.51. The van der Waals surface area contributed by atoms with Crippen LogP contribution < -0.4 is 5.32 Å². The highest BCUT2D eigenvalue weighted by atomic mass is 19.4. The maximum atomic E-state index is 14.0. The number of nitrogens with zero attached hydrogens (tertiary/aromatic N) is 2. The van der Waals surface area contributed by atoms with Gasteiger partial charge in [0.1, 0.15) is 11.5 Å². The number of furan rings is 1. The molecule has 0 aliphatic carbocycles. The van der Waals surface area contributed by atoms with Crippen molar-refractivity contribution in [2.24, 2.45) is 0 Å². The van der Waals surface area contributed by atoms with E-state index in [2.05, 4.69) is 4.98 Å². The van der Waals surface area contributed by atoms with Crippen molar-refractivity contribution in [1.82, 2.24) is 15.2 Å². The third-order valence-corrected chi connectivity index (χ3v) is 5.51. The zero-order valence-electron chi connectivity index (χ0n) is 18.8. The lowest BCUT2D eigenvalue weighted by molar-refractivity contribution is -0.142. The fraction of sp³-hybridized carbons (Fsp3) is 0.261. The lowest BCUT2D eigenvalue weighted by Gasteiger charge is -2.38. The number of aromatic nitrogens is 1. The average molecular weight is 549 g/mol. The molecule has 1 aliphatic heterocycles. The van der Waals surface area contributed by atoms with Crippen LogP contribution in [-0.2, 0) is 18.9 Å². The van der Waals surface area contributed by atoms with Crippen molar-refractivity contribution in [2.75, 3.05) is 13.1 Å². The van der Waals surface area contributed by atoms with Crippen molar-refractivity contribution in [3.05, 3.63) is 65.0 Å². The maximum absolute atomic E-state index is 14.0. The number of carbonyl (C=O) groups is 2. The molecule has 1 fully saturated rings. The minimum atomic E-state index is -5.28. The Morgan fingerprint density at radius 2 is 1.61 bits per heavy atom. The highest BCUT2D eigenvalue weighted by Crippen LogP contribution is 2.47. The minimum Gasteiger partial charge on any atom is -0.465 e. The number of carboxylic acid groups (broad SMARTS) is 1. The monoisotopic (exact) mass is 549 g/mol. The Morgan fingerprint density at radius 3 is 2.08 bits per heavy atom. The molecule has 2 amide bonds. The second-order valence-corrected chi connectivity index (χ2v) is 8.32. The molecule has 2 aromatic heterocycles. The topological polar surface area (TPSA) is 95.7 Å². The summed E-state index contributed by atoms with van der Waals surface area (Å²) in [5.41, 5.74) is -5.80. The molecule has 0 bridgehead atoms. The maximum Gasteiger partial charge on any atom is 0.417 e. The van der Waals surface area contributed by atoms with Crippen LogP contribution in [0.1, 0.15) is 27.2 Å². The van der Waals surface area contributed by atoms with Gasteiger partial charge in [0.2, 0.25) is 0 Å². The number of likely N-dealkylation sites (tertiary alicyclic amines) is 1. The normalized spacial score (nSPS) is 15.2. The Kier molecular flexibility index (Phi) is 6.57. The van der Waals surface area contributed by atoms with Crippen molar-refractivity contribution in [1.29, 1.82) is 0 Å². The smallest absolute Gasteiger partial charge is 0.417 e. The molecule has 3 aromatic rings. The van der Waals surface area contributed by atoms with Crippen molar-refractivity contribution in [2.45, 2.75) is 24.8 Å². The van der Waals surface area contributed by atoms with Crippen LogP contribution in [0.2, 0.25) is 0 Å². The Balaban J connectivity index is 1.76. The summed E-state index contributed by atoms with van der Waals surface area (Å²) in [7, 11) is 0. The van der Waals surface area contributed by atoms with E-state index in [0.717, 1.165) is 35.4 Å². The lowest BCUT2D eigenvalue weighted by atomic mass is 9.93. The lowest BCUT2D eigenvalue weighted by Crippen LogP contribution is -2.58. The molecular weight excluding hydrogens is 534 g/mol. The Hall–Kier alpha value is -4.17. The molecule has 0 radical (unpaired) electrons. The van der Waals surface area contributed by atoms with Crippen LogP contribution >= 0.6 is 0 Å². The zero-order chi connectivity index (χ0) is 28.0. The number of benzene rings is 1. The number of pyridine rings is 1. The van der Waals surface area contributed by atoms with Gasteiger partial charge in [0.05, 0.1) is 42.0 Å². The van der Waals surface area contributed by atoms with Gasteiger partial charge >= 0.3 is 18.4 Å². The van der Waals surface area contributed by atoms with Crippen LogP contribution in [0.15, 0.2) is 47.0 Å². The van der Waals surface area contributed by atoms with E-state index in [1.165, 1.54) is 0 Å². The van der Waals surface area contributed by atoms with Gasteiger partial charge in [0.25, 0.3) is 11.8 Å². The molecule has 1 aliphatic rings. The molecule has 3 heterocycles. The number of nitrogens with one attached hydrogen (secondary N) is 1. The van der Waals surface area contributed by atoms with Crippen LogP contribution in [0.4, 0.5) is 39.9 Å². The summed E-state index contributed by atoms with van der Waals surface area (Å²) in [6, 6.07) is 4.82. The number of rotatable bonds is 5. The molecule has 38 heavy (non-hydrogen) atoms. The van der Waals surface area contributed by atoms with Crippen molar-refractivity contribution >= 4 is 12.0 Å². The van der Waals surface area contributed by atoms with Crippen LogP contribution in [0.25, 0.3) is 22.6 Å². The first-order valence-corrected chi connectivity index (χ1v) is 10.6. The summed E-state index contributed by atoms with van der Waals surface area (Å²) in [4.78, 5) is 27.5. The van der Waals surface area contributed by atoms with E-state index in [4.69, 9.17) is 9.52 Å². The predicted octanol–water partition coefficient (Wildman–Crippen LogP) is 5.90. The highest BCUT2D eigenvalue weighted by Gasteiger charge is 2.46. The zero-order valence-corrected chi connectivity index (χ0v) is 18.8. The Bertz CT molecular complexity index is 1340.